The van der Waals surface area contributed by atoms with Crippen LogP contribution in [0.3, 0.4) is 0 Å². The molecule has 5 nitrogen and oxygen atoms in total. The number of carbonyl (C=O) groups excluding carboxylic acids is 1. The fourth-order valence-corrected chi connectivity index (χ4v) is 6.16. The minimum atomic E-state index is 0.0702. The summed E-state index contributed by atoms with van der Waals surface area (Å²) in [7, 11) is 0. The molecule has 0 aliphatic heterocycles. The van der Waals surface area contributed by atoms with Gasteiger partial charge in [-0.25, -0.2) is 4.98 Å². The molecule has 0 atom stereocenters. The molecule has 2 aromatic heterocycles. The maximum Gasteiger partial charge on any atom is 0.263 e. The first kappa shape index (κ1) is 20.4. The van der Waals surface area contributed by atoms with Gasteiger partial charge in [0.25, 0.3) is 5.56 Å². The van der Waals surface area contributed by atoms with Gasteiger partial charge in [0, 0.05) is 23.5 Å². The molecule has 1 aliphatic carbocycles. The Morgan fingerprint density at radius 2 is 1.96 bits per heavy atom. The number of fused-ring (bicyclic) bond motifs is 3. The molecule has 148 valence electrons. The van der Waals surface area contributed by atoms with Crippen LogP contribution in [-0.4, -0.2) is 38.2 Å². The fourth-order valence-electron chi connectivity index (χ4n) is 3.96. The van der Waals surface area contributed by atoms with Gasteiger partial charge >= 0.3 is 0 Å². The van der Waals surface area contributed by atoms with Crippen LogP contribution in [0.5, 0.6) is 0 Å². The van der Waals surface area contributed by atoms with Crippen LogP contribution in [0, 0.1) is 0 Å². The van der Waals surface area contributed by atoms with Crippen LogP contribution in [0.4, 0.5) is 0 Å². The molecule has 0 unspecified atom stereocenters. The Morgan fingerprint density at radius 1 is 1.26 bits per heavy atom. The summed E-state index contributed by atoms with van der Waals surface area (Å²) in [4.78, 5) is 34.8. The first-order valence-corrected chi connectivity index (χ1v) is 11.6. The smallest absolute Gasteiger partial charge is 0.263 e. The minimum Gasteiger partial charge on any atom is -0.337 e. The predicted octanol–water partition coefficient (Wildman–Crippen LogP) is 4.09. The number of thiophene rings is 1. The lowest BCUT2D eigenvalue weighted by Gasteiger charge is -2.30. The molecule has 27 heavy (non-hydrogen) atoms. The Kier molecular flexibility index (Phi) is 6.31. The van der Waals surface area contributed by atoms with E-state index >= 15 is 0 Å². The lowest BCUT2D eigenvalue weighted by atomic mass is 10.2. The zero-order valence-corrected chi connectivity index (χ0v) is 18.5. The first-order valence-electron chi connectivity index (χ1n) is 9.84. The zero-order valence-electron chi connectivity index (χ0n) is 16.9. The van der Waals surface area contributed by atoms with Crippen LogP contribution >= 0.6 is 23.1 Å². The van der Waals surface area contributed by atoms with Gasteiger partial charge in [0.1, 0.15) is 4.83 Å². The third-order valence-corrected chi connectivity index (χ3v) is 7.11. The molecule has 0 aromatic carbocycles. The van der Waals surface area contributed by atoms with Crippen molar-refractivity contribution in [3.63, 3.8) is 0 Å². The molecule has 0 N–H and O–H groups in total. The molecule has 0 spiro atoms. The number of aryl methyl sites for hydroxylation is 2. The molecule has 0 fully saturated rings. The summed E-state index contributed by atoms with van der Waals surface area (Å²) in [5, 5.41) is 1.50. The highest BCUT2D eigenvalue weighted by Crippen LogP contribution is 2.35. The summed E-state index contributed by atoms with van der Waals surface area (Å²) in [6, 6.07) is 0.318. The van der Waals surface area contributed by atoms with Gasteiger partial charge in [0.05, 0.1) is 11.1 Å². The third kappa shape index (κ3) is 3.94. The second-order valence-electron chi connectivity index (χ2n) is 7.67. The van der Waals surface area contributed by atoms with Crippen molar-refractivity contribution in [2.45, 2.75) is 84.1 Å². The van der Waals surface area contributed by atoms with E-state index in [0.29, 0.717) is 17.5 Å². The molecular weight excluding hydrogens is 378 g/mol. The molecule has 2 heterocycles. The maximum atomic E-state index is 13.2. The Labute approximate surface area is 169 Å². The summed E-state index contributed by atoms with van der Waals surface area (Å²) in [6.07, 6.45) is 4.05. The Hall–Kier alpha value is -1.34. The second-order valence-corrected chi connectivity index (χ2v) is 9.69. The highest BCUT2D eigenvalue weighted by molar-refractivity contribution is 7.99. The monoisotopic (exact) mass is 407 g/mol. The molecule has 0 bridgehead atoms. The Bertz CT molecular complexity index is 891. The number of hydrogen-bond donors (Lipinski definition) is 0. The van der Waals surface area contributed by atoms with Crippen molar-refractivity contribution in [2.75, 3.05) is 5.75 Å². The largest absolute Gasteiger partial charge is 0.337 e. The van der Waals surface area contributed by atoms with Crippen molar-refractivity contribution in [3.8, 4) is 0 Å². The molecular formula is C20H29N3O2S2. The molecule has 0 saturated carbocycles. The summed E-state index contributed by atoms with van der Waals surface area (Å²) < 4.78 is 1.78. The molecule has 0 radical (unpaired) electrons. The van der Waals surface area contributed by atoms with E-state index in [-0.39, 0.29) is 23.6 Å². The van der Waals surface area contributed by atoms with E-state index in [4.69, 9.17) is 4.98 Å². The number of nitrogens with zero attached hydrogens (tertiary/aromatic N) is 3. The van der Waals surface area contributed by atoms with E-state index in [9.17, 15) is 9.59 Å². The molecule has 1 amide bonds. The van der Waals surface area contributed by atoms with Crippen molar-refractivity contribution in [1.29, 1.82) is 0 Å². The number of thioether (sulfide) groups is 1. The van der Waals surface area contributed by atoms with Crippen molar-refractivity contribution in [2.24, 2.45) is 0 Å². The number of rotatable bonds is 7. The summed E-state index contributed by atoms with van der Waals surface area (Å²) in [6.45, 7) is 10.8. The van der Waals surface area contributed by atoms with Gasteiger partial charge in [0.2, 0.25) is 5.91 Å². The van der Waals surface area contributed by atoms with E-state index in [1.807, 2.05) is 32.6 Å². The number of carbonyl (C=O) groups is 1. The summed E-state index contributed by atoms with van der Waals surface area (Å²) >= 11 is 3.05. The van der Waals surface area contributed by atoms with Crippen LogP contribution in [-0.2, 0) is 24.2 Å². The molecule has 0 saturated heterocycles. The van der Waals surface area contributed by atoms with E-state index in [1.54, 1.807) is 15.9 Å². The topological polar surface area (TPSA) is 55.2 Å². The zero-order chi connectivity index (χ0) is 19.7. The van der Waals surface area contributed by atoms with Crippen LogP contribution in [0.2, 0.25) is 0 Å². The van der Waals surface area contributed by atoms with E-state index in [0.717, 1.165) is 35.9 Å². The normalized spacial score (nSPS) is 13.7. The highest BCUT2D eigenvalue weighted by atomic mass is 32.2. The average molecular weight is 408 g/mol. The van der Waals surface area contributed by atoms with Crippen LogP contribution in [0.25, 0.3) is 10.2 Å². The Balaban J connectivity index is 1.93. The van der Waals surface area contributed by atoms with Crippen LogP contribution < -0.4 is 5.56 Å². The summed E-state index contributed by atoms with van der Waals surface area (Å²) in [5.41, 5.74) is 1.29. The predicted molar refractivity (Wildman–Crippen MR) is 114 cm³/mol. The van der Waals surface area contributed by atoms with Crippen molar-refractivity contribution in [3.05, 3.63) is 20.8 Å². The highest BCUT2D eigenvalue weighted by Gasteiger charge is 2.25. The number of hydrogen-bond acceptors (Lipinski definition) is 5. The average Bonchev–Trinajstić information content (AvgIpc) is 3.15. The quantitative estimate of drug-likeness (QED) is 0.512. The molecule has 2 aromatic rings. The molecule has 7 heteroatoms. The van der Waals surface area contributed by atoms with Gasteiger partial charge in [0.15, 0.2) is 5.16 Å². The standard InChI is InChI=1S/C20H29N3O2S2/c1-6-10-22-19(25)17-14-8-7-9-15(14)27-18(17)21-20(22)26-11-16(24)23(12(2)3)13(4)5/h12-13H,6-11H2,1-5H3. The van der Waals surface area contributed by atoms with Crippen molar-refractivity contribution < 1.29 is 4.79 Å². The first-order chi connectivity index (χ1) is 12.8. The maximum absolute atomic E-state index is 13.2. The van der Waals surface area contributed by atoms with Gasteiger partial charge in [-0.1, -0.05) is 18.7 Å². The summed E-state index contributed by atoms with van der Waals surface area (Å²) in [5.74, 6) is 0.402. The lowest BCUT2D eigenvalue weighted by molar-refractivity contribution is -0.131. The third-order valence-electron chi connectivity index (χ3n) is 4.96. The minimum absolute atomic E-state index is 0.0702. The van der Waals surface area contributed by atoms with E-state index < -0.39 is 0 Å². The lowest BCUT2D eigenvalue weighted by Crippen LogP contribution is -2.43. The van der Waals surface area contributed by atoms with Gasteiger partial charge in [-0.2, -0.15) is 0 Å². The van der Waals surface area contributed by atoms with E-state index in [2.05, 4.69) is 6.92 Å². The number of aromatic nitrogens is 2. The van der Waals surface area contributed by atoms with Gasteiger partial charge in [-0.3, -0.25) is 14.2 Å². The van der Waals surface area contributed by atoms with Crippen LogP contribution in [0.1, 0.15) is 57.9 Å². The van der Waals surface area contributed by atoms with Gasteiger partial charge < -0.3 is 4.90 Å². The van der Waals surface area contributed by atoms with Crippen LogP contribution in [0.15, 0.2) is 9.95 Å². The van der Waals surface area contributed by atoms with E-state index in [1.165, 1.54) is 22.2 Å². The Morgan fingerprint density at radius 3 is 2.59 bits per heavy atom. The fraction of sp³-hybridized carbons (Fsp3) is 0.650. The van der Waals surface area contributed by atoms with Crippen molar-refractivity contribution in [1.82, 2.24) is 14.5 Å². The number of amides is 1. The second kappa shape index (κ2) is 8.35. The van der Waals surface area contributed by atoms with Gasteiger partial charge in [-0.15, -0.1) is 11.3 Å². The SMILES string of the molecule is CCCn1c(SCC(=O)N(C(C)C)C(C)C)nc2sc3c(c2c1=O)CCC3. The van der Waals surface area contributed by atoms with Gasteiger partial charge in [-0.05, 0) is 58.9 Å². The molecule has 3 rings (SSSR count). The molecule has 1 aliphatic rings. The van der Waals surface area contributed by atoms with Crippen molar-refractivity contribution >= 4 is 39.2 Å².